The van der Waals surface area contributed by atoms with Gasteiger partial charge in [-0.15, -0.1) is 0 Å². The first kappa shape index (κ1) is 20.0. The fraction of sp³-hybridized carbons (Fsp3) is 0. The van der Waals surface area contributed by atoms with Crippen molar-refractivity contribution in [1.29, 1.82) is 0 Å². The molecule has 0 aliphatic carbocycles. The van der Waals surface area contributed by atoms with E-state index in [9.17, 15) is 0 Å². The zero-order chi connectivity index (χ0) is 22.7. The monoisotopic (exact) mass is 435 g/mol. The summed E-state index contributed by atoms with van der Waals surface area (Å²) in [4.78, 5) is 13.9. The molecule has 0 bridgehead atoms. The Kier molecular flexibility index (Phi) is 5.13. The van der Waals surface area contributed by atoms with Gasteiger partial charge in [-0.05, 0) is 53.1 Å². The van der Waals surface area contributed by atoms with E-state index in [1.807, 2.05) is 42.6 Å². The molecule has 3 aromatic heterocycles. The van der Waals surface area contributed by atoms with Gasteiger partial charge in [0.05, 0.1) is 16.9 Å². The van der Waals surface area contributed by atoms with Gasteiger partial charge in [0.25, 0.3) is 0 Å². The van der Waals surface area contributed by atoms with Crippen LogP contribution < -0.4 is 0 Å². The lowest BCUT2D eigenvalue weighted by Gasteiger charge is -2.12. The molecule has 0 aliphatic rings. The number of benzene rings is 3. The molecule has 0 radical (unpaired) electrons. The molecule has 0 unspecified atom stereocenters. The van der Waals surface area contributed by atoms with Crippen molar-refractivity contribution in [1.82, 2.24) is 15.0 Å². The van der Waals surface area contributed by atoms with E-state index in [1.165, 1.54) is 11.1 Å². The Morgan fingerprint density at radius 3 is 1.85 bits per heavy atom. The summed E-state index contributed by atoms with van der Waals surface area (Å²) in [6.45, 7) is 0. The maximum Gasteiger partial charge on any atom is 0.0716 e. The Morgan fingerprint density at radius 1 is 0.471 bits per heavy atom. The van der Waals surface area contributed by atoms with Crippen LogP contribution in [0.5, 0.6) is 0 Å². The molecule has 0 amide bonds. The van der Waals surface area contributed by atoms with Crippen molar-refractivity contribution in [2.24, 2.45) is 0 Å². The standard InChI is InChI=1S/C31H21N3/c1-3-7-22(8-4-1)25-11-14-30-28(19-25)27(20-31(34-30)23-9-5-2-6-10-23)26-12-13-29(33-21-26)24-15-17-32-18-16-24/h1-21H. The Labute approximate surface area is 198 Å². The number of nitrogens with zero attached hydrogens (tertiary/aromatic N) is 3. The lowest BCUT2D eigenvalue weighted by molar-refractivity contribution is 1.29. The van der Waals surface area contributed by atoms with E-state index in [1.54, 1.807) is 12.4 Å². The van der Waals surface area contributed by atoms with Crippen LogP contribution in [0, 0.1) is 0 Å². The molecular formula is C31H21N3. The number of hydrogen-bond acceptors (Lipinski definition) is 3. The van der Waals surface area contributed by atoms with E-state index in [0.29, 0.717) is 0 Å². The molecule has 0 saturated heterocycles. The van der Waals surface area contributed by atoms with Crippen LogP contribution >= 0.6 is 0 Å². The van der Waals surface area contributed by atoms with Gasteiger partial charge in [-0.25, -0.2) is 4.98 Å². The van der Waals surface area contributed by atoms with Gasteiger partial charge in [0, 0.05) is 40.7 Å². The minimum atomic E-state index is 0.928. The molecule has 0 spiro atoms. The largest absolute Gasteiger partial charge is 0.265 e. The predicted molar refractivity (Wildman–Crippen MR) is 139 cm³/mol. The summed E-state index contributed by atoms with van der Waals surface area (Å²) in [7, 11) is 0. The lowest BCUT2D eigenvalue weighted by atomic mass is 9.96. The topological polar surface area (TPSA) is 38.7 Å². The van der Waals surface area contributed by atoms with Crippen molar-refractivity contribution >= 4 is 10.9 Å². The highest BCUT2D eigenvalue weighted by Gasteiger charge is 2.12. The first-order valence-corrected chi connectivity index (χ1v) is 11.3. The molecule has 3 heterocycles. The van der Waals surface area contributed by atoms with Crippen molar-refractivity contribution in [3.8, 4) is 44.8 Å². The van der Waals surface area contributed by atoms with Crippen LogP contribution in [0.3, 0.4) is 0 Å². The molecule has 34 heavy (non-hydrogen) atoms. The van der Waals surface area contributed by atoms with E-state index < -0.39 is 0 Å². The van der Waals surface area contributed by atoms with Gasteiger partial charge in [-0.3, -0.25) is 9.97 Å². The Bertz CT molecular complexity index is 1560. The zero-order valence-corrected chi connectivity index (χ0v) is 18.5. The summed E-state index contributed by atoms with van der Waals surface area (Å²) >= 11 is 0. The molecule has 0 saturated carbocycles. The summed E-state index contributed by atoms with van der Waals surface area (Å²) < 4.78 is 0. The van der Waals surface area contributed by atoms with Crippen molar-refractivity contribution in [3.63, 3.8) is 0 Å². The maximum absolute atomic E-state index is 5.00. The molecule has 160 valence electrons. The molecule has 3 heteroatoms. The third-order valence-corrected chi connectivity index (χ3v) is 6.04. The van der Waals surface area contributed by atoms with Crippen molar-refractivity contribution in [3.05, 3.63) is 128 Å². The molecule has 0 aliphatic heterocycles. The van der Waals surface area contributed by atoms with E-state index in [0.717, 1.165) is 44.5 Å². The highest BCUT2D eigenvalue weighted by atomic mass is 14.7. The number of aromatic nitrogens is 3. The van der Waals surface area contributed by atoms with Crippen LogP contribution in [0.15, 0.2) is 128 Å². The Morgan fingerprint density at radius 2 is 1.15 bits per heavy atom. The van der Waals surface area contributed by atoms with Gasteiger partial charge >= 0.3 is 0 Å². The molecule has 0 atom stereocenters. The van der Waals surface area contributed by atoms with Gasteiger partial charge in [0.1, 0.15) is 0 Å². The van der Waals surface area contributed by atoms with Crippen molar-refractivity contribution in [2.75, 3.05) is 0 Å². The first-order chi connectivity index (χ1) is 16.8. The summed E-state index contributed by atoms with van der Waals surface area (Å²) in [6, 6.07) is 37.6. The second-order valence-electron chi connectivity index (χ2n) is 8.19. The third-order valence-electron chi connectivity index (χ3n) is 6.04. The zero-order valence-electron chi connectivity index (χ0n) is 18.5. The minimum Gasteiger partial charge on any atom is -0.265 e. The highest BCUT2D eigenvalue weighted by molar-refractivity contribution is 5.99. The number of fused-ring (bicyclic) bond motifs is 1. The van der Waals surface area contributed by atoms with Crippen LogP contribution in [-0.2, 0) is 0 Å². The average Bonchev–Trinajstić information content (AvgIpc) is 2.94. The smallest absolute Gasteiger partial charge is 0.0716 e. The van der Waals surface area contributed by atoms with Crippen LogP contribution in [-0.4, -0.2) is 15.0 Å². The highest BCUT2D eigenvalue weighted by Crippen LogP contribution is 2.35. The summed E-state index contributed by atoms with van der Waals surface area (Å²) in [5, 5.41) is 1.11. The molecule has 6 rings (SSSR count). The minimum absolute atomic E-state index is 0.928. The molecule has 0 N–H and O–H groups in total. The number of pyridine rings is 3. The molecule has 6 aromatic rings. The second-order valence-corrected chi connectivity index (χ2v) is 8.19. The maximum atomic E-state index is 5.00. The Hall–Kier alpha value is -4.63. The predicted octanol–water partition coefficient (Wildman–Crippen LogP) is 7.69. The van der Waals surface area contributed by atoms with Gasteiger partial charge < -0.3 is 0 Å². The van der Waals surface area contributed by atoms with E-state index in [-0.39, 0.29) is 0 Å². The van der Waals surface area contributed by atoms with Crippen molar-refractivity contribution in [2.45, 2.75) is 0 Å². The molecule has 3 nitrogen and oxygen atoms in total. The normalized spacial score (nSPS) is 10.9. The second kappa shape index (κ2) is 8.72. The third kappa shape index (κ3) is 3.84. The van der Waals surface area contributed by atoms with Crippen LogP contribution in [0.1, 0.15) is 0 Å². The van der Waals surface area contributed by atoms with Gasteiger partial charge in [-0.1, -0.05) is 72.8 Å². The van der Waals surface area contributed by atoms with E-state index in [2.05, 4.69) is 77.8 Å². The average molecular weight is 436 g/mol. The van der Waals surface area contributed by atoms with Crippen LogP contribution in [0.2, 0.25) is 0 Å². The number of rotatable bonds is 4. The SMILES string of the molecule is c1ccc(-c2ccc3nc(-c4ccccc4)cc(-c4ccc(-c5ccncc5)nc4)c3c2)cc1. The summed E-state index contributed by atoms with van der Waals surface area (Å²) in [5.41, 5.74) is 9.54. The van der Waals surface area contributed by atoms with E-state index in [4.69, 9.17) is 9.97 Å². The van der Waals surface area contributed by atoms with Crippen molar-refractivity contribution < 1.29 is 0 Å². The van der Waals surface area contributed by atoms with E-state index >= 15 is 0 Å². The van der Waals surface area contributed by atoms with Crippen LogP contribution in [0.25, 0.3) is 55.7 Å². The van der Waals surface area contributed by atoms with Gasteiger partial charge in [-0.2, -0.15) is 0 Å². The molecular weight excluding hydrogens is 414 g/mol. The fourth-order valence-corrected chi connectivity index (χ4v) is 4.28. The van der Waals surface area contributed by atoms with Gasteiger partial charge in [0.2, 0.25) is 0 Å². The van der Waals surface area contributed by atoms with Crippen LogP contribution in [0.4, 0.5) is 0 Å². The quantitative estimate of drug-likeness (QED) is 0.285. The molecule has 0 fully saturated rings. The summed E-state index contributed by atoms with van der Waals surface area (Å²) in [6.07, 6.45) is 5.53. The lowest BCUT2D eigenvalue weighted by Crippen LogP contribution is -1.92. The fourth-order valence-electron chi connectivity index (χ4n) is 4.28. The molecule has 3 aromatic carbocycles. The van der Waals surface area contributed by atoms with Gasteiger partial charge in [0.15, 0.2) is 0 Å². The first-order valence-electron chi connectivity index (χ1n) is 11.3. The summed E-state index contributed by atoms with van der Waals surface area (Å²) in [5.74, 6) is 0. The number of hydrogen-bond donors (Lipinski definition) is 0. The Balaban J connectivity index is 1.54.